The van der Waals surface area contributed by atoms with E-state index in [9.17, 15) is 9.59 Å². The average molecular weight is 1660 g/mol. The lowest BCUT2D eigenvalue weighted by molar-refractivity contribution is -0.121. The van der Waals surface area contributed by atoms with Gasteiger partial charge in [-0.2, -0.15) is 0 Å². The third-order valence-corrected chi connectivity index (χ3v) is 24.1. The van der Waals surface area contributed by atoms with Crippen LogP contribution in [0.2, 0.25) is 34.1 Å². The summed E-state index contributed by atoms with van der Waals surface area (Å²) >= 11 is 7.12. The summed E-state index contributed by atoms with van der Waals surface area (Å²) in [5.41, 5.74) is 38.0. The molecule has 14 aromatic rings. The van der Waals surface area contributed by atoms with Crippen LogP contribution in [0.15, 0.2) is 312 Å². The summed E-state index contributed by atoms with van der Waals surface area (Å²) in [6.07, 6.45) is 22.0. The van der Waals surface area contributed by atoms with Crippen molar-refractivity contribution < 1.29 is 19.1 Å². The lowest BCUT2D eigenvalue weighted by Crippen LogP contribution is -2.41. The van der Waals surface area contributed by atoms with Gasteiger partial charge in [-0.25, -0.2) is 0 Å². The largest absolute Gasteiger partial charge is 0.429 e. The van der Waals surface area contributed by atoms with Crippen LogP contribution in [-0.4, -0.2) is 46.5 Å². The third kappa shape index (κ3) is 18.2. The van der Waals surface area contributed by atoms with E-state index in [2.05, 4.69) is 431 Å². The summed E-state index contributed by atoms with van der Waals surface area (Å²) in [5.74, 6) is 1.17. The minimum Gasteiger partial charge on any atom is -0.429 e. The molecule has 0 N–H and O–H groups in total. The van der Waals surface area contributed by atoms with Crippen molar-refractivity contribution in [1.82, 2.24) is 0 Å². The molecular weight excluding hydrogens is 1570 g/mol. The predicted molar refractivity (Wildman–Crippen MR) is 521 cm³/mol. The van der Waals surface area contributed by atoms with Crippen LogP contribution in [-0.2, 0) is 9.59 Å². The first-order valence-electron chi connectivity index (χ1n) is 40.4. The molecule has 6 nitrogen and oxygen atoms in total. The summed E-state index contributed by atoms with van der Waals surface area (Å²) in [4.78, 5) is 25.6. The maximum atomic E-state index is 10.5. The van der Waals surface area contributed by atoms with Crippen LogP contribution in [0, 0.1) is 27.7 Å². The van der Waals surface area contributed by atoms with Crippen LogP contribution in [0.4, 0.5) is 34.1 Å². The molecule has 118 heavy (non-hydrogen) atoms. The topological polar surface area (TPSA) is 59.1 Å². The Hall–Kier alpha value is -12.4. The number of aryl methyl sites for hydroxylation is 4. The number of rotatable bonds is 10. The van der Waals surface area contributed by atoms with Gasteiger partial charge in [0.15, 0.2) is 0 Å². The van der Waals surface area contributed by atoms with Crippen molar-refractivity contribution in [2.75, 3.05) is 9.80 Å². The summed E-state index contributed by atoms with van der Waals surface area (Å²) in [6.45, 7) is 22.5. The van der Waals surface area contributed by atoms with Gasteiger partial charge in [-0.1, -0.05) is 392 Å². The molecular formula is C105H89B5Br2N2O4. The maximum absolute atomic E-state index is 10.5. The fourth-order valence-corrected chi connectivity index (χ4v) is 17.7. The van der Waals surface area contributed by atoms with Crippen LogP contribution in [0.25, 0.3) is 60.8 Å². The second-order valence-corrected chi connectivity index (χ2v) is 32.8. The molecule has 0 saturated heterocycles. The van der Waals surface area contributed by atoms with Gasteiger partial charge < -0.3 is 19.3 Å². The van der Waals surface area contributed by atoms with Gasteiger partial charge in [0.1, 0.15) is 11.5 Å². The van der Waals surface area contributed by atoms with Crippen molar-refractivity contribution in [2.24, 2.45) is 0 Å². The van der Waals surface area contributed by atoms with Crippen molar-refractivity contribution in [3.63, 3.8) is 0 Å². The molecule has 572 valence electrons. The number of para-hydroxylation sites is 4. The zero-order valence-corrected chi connectivity index (χ0v) is 71.1. The summed E-state index contributed by atoms with van der Waals surface area (Å²) in [5, 5.41) is 0. The number of fused-ring (bicyclic) bond motifs is 10. The SMILES string of the molecule is CB1c2cc(C)ccc2C=Cc2ccc(Br)cc21.CB1c2cc(C)ccc2C=Cc2ccc(OC=O)cc21.CB1c2ccc(C)cc2C=Cc2cc(Br)ccc21.CB1c2ccc(C)cc2C=Cc2cc(OC=O)ccc21.CB1c2ccc(N(c3ccccc3)c3ccccc3)cc2C=Cc2cc(N(c3ccccc3)c3ccccc3)ccc21. The fourth-order valence-electron chi connectivity index (χ4n) is 16.9. The van der Waals surface area contributed by atoms with Crippen LogP contribution in [0.3, 0.4) is 0 Å². The summed E-state index contributed by atoms with van der Waals surface area (Å²) in [7, 11) is 0. The Morgan fingerprint density at radius 2 is 0.483 bits per heavy atom. The highest BCUT2D eigenvalue weighted by Crippen LogP contribution is 2.38. The van der Waals surface area contributed by atoms with E-state index in [1.807, 2.05) is 36.4 Å². The fraction of sp³-hybridized carbons (Fsp3) is 0.0857. The molecule has 0 spiro atoms. The standard InChI is InChI=1S/C39H31BN2.2C17H15BO2.2C16H14BBr/c1-40-38-26-24-36(41(32-14-6-2-7-15-32)33-16-8-3-9-17-33)28-30(38)22-23-31-29-37(25-27-39(31)40)42(34-18-10-4-11-19-34)35-20-12-5-13-21-35;1-12-3-7-16-13(9-12)4-5-14-10-15(20-11-19)6-8-17(14)18(16)2;1-12-3-4-13-5-6-14-7-8-15(20-11-19)10-17(14)18(2)16(13)9-12;1-11-3-7-15-12(9-11)4-5-13-10-14(18)6-8-16(13)17(15)2;1-11-3-4-12-5-6-13-7-8-14(18)10-16(13)17(2)15(12)9-11/h2-29H,1H3;2*3-11H,1-2H3;2*3-10H,1-2H3. The predicted octanol–water partition coefficient (Wildman–Crippen LogP) is 20.8. The molecule has 19 rings (SSSR count). The molecule has 0 amide bonds. The molecule has 0 fully saturated rings. The highest BCUT2D eigenvalue weighted by molar-refractivity contribution is 9.10. The quantitative estimate of drug-likeness (QED) is 0.100. The number of carbonyl (C=O) groups is 2. The van der Waals surface area contributed by atoms with E-state index in [4.69, 9.17) is 9.47 Å². The van der Waals surface area contributed by atoms with E-state index in [0.717, 1.165) is 48.6 Å². The number of carbonyl (C=O) groups excluding carboxylic acids is 2. The highest BCUT2D eigenvalue weighted by Gasteiger charge is 2.28. The van der Waals surface area contributed by atoms with Gasteiger partial charge in [0.2, 0.25) is 33.6 Å². The smallest absolute Gasteiger partial charge is 0.298 e. The number of hydrogen-bond donors (Lipinski definition) is 0. The van der Waals surface area contributed by atoms with Crippen LogP contribution in [0.1, 0.15) is 77.9 Å². The molecule has 0 radical (unpaired) electrons. The highest BCUT2D eigenvalue weighted by atomic mass is 79.9. The number of halogens is 2. The molecule has 5 heterocycles. The van der Waals surface area contributed by atoms with Crippen LogP contribution in [0.5, 0.6) is 11.5 Å². The van der Waals surface area contributed by atoms with E-state index in [-0.39, 0.29) is 13.4 Å². The number of anilines is 6. The molecule has 5 aliphatic heterocycles. The van der Waals surface area contributed by atoms with E-state index in [1.54, 1.807) is 0 Å². The monoisotopic (exact) mass is 1650 g/mol. The van der Waals surface area contributed by atoms with Gasteiger partial charge in [-0.3, -0.25) is 9.59 Å². The minimum absolute atomic E-state index is 0.261. The second-order valence-electron chi connectivity index (χ2n) is 31.0. The van der Waals surface area contributed by atoms with Gasteiger partial charge in [0.25, 0.3) is 12.9 Å². The molecule has 13 heteroatoms. The van der Waals surface area contributed by atoms with E-state index >= 15 is 0 Å². The number of nitrogens with zero attached hydrogens (tertiary/aromatic N) is 2. The van der Waals surface area contributed by atoms with Crippen molar-refractivity contribution in [3.8, 4) is 11.5 Å². The first-order valence-corrected chi connectivity index (χ1v) is 42.0. The normalized spacial score (nSPS) is 12.3. The maximum Gasteiger partial charge on any atom is 0.298 e. The van der Waals surface area contributed by atoms with Gasteiger partial charge >= 0.3 is 0 Å². The average Bonchev–Trinajstić information content (AvgIpc) is 1.12. The Morgan fingerprint density at radius 3 is 0.881 bits per heavy atom. The van der Waals surface area contributed by atoms with Gasteiger partial charge in [-0.05, 0) is 199 Å². The zero-order chi connectivity index (χ0) is 81.9. The third-order valence-electron chi connectivity index (χ3n) is 23.1. The zero-order valence-electron chi connectivity index (χ0n) is 68.0. The van der Waals surface area contributed by atoms with Crippen molar-refractivity contribution in [1.29, 1.82) is 0 Å². The second kappa shape index (κ2) is 36.8. The van der Waals surface area contributed by atoms with E-state index in [1.165, 1.54) is 127 Å². The van der Waals surface area contributed by atoms with Crippen molar-refractivity contribution >= 4 is 228 Å². The molecule has 0 aliphatic carbocycles. The van der Waals surface area contributed by atoms with Crippen LogP contribution >= 0.6 is 31.9 Å². The molecule has 5 aliphatic rings. The number of ether oxygens (including phenoxy) is 2. The number of hydrogen-bond acceptors (Lipinski definition) is 6. The Balaban J connectivity index is 0.000000122. The van der Waals surface area contributed by atoms with E-state index in [0.29, 0.717) is 44.6 Å². The Bertz CT molecular complexity index is 5880. The van der Waals surface area contributed by atoms with Gasteiger partial charge in [-0.15, -0.1) is 0 Å². The van der Waals surface area contributed by atoms with Gasteiger partial charge in [0, 0.05) is 43.1 Å². The molecule has 14 aromatic carbocycles. The first kappa shape index (κ1) is 80.8. The Kier molecular flexibility index (Phi) is 25.2. The molecule has 0 aromatic heterocycles. The molecule has 0 atom stereocenters. The van der Waals surface area contributed by atoms with Gasteiger partial charge in [0.05, 0.1) is 0 Å². The molecule has 0 bridgehead atoms. The Labute approximate surface area is 714 Å². The lowest BCUT2D eigenvalue weighted by Gasteiger charge is -2.27. The van der Waals surface area contributed by atoms with Crippen molar-refractivity contribution in [2.45, 2.75) is 61.8 Å². The summed E-state index contributed by atoms with van der Waals surface area (Å²) in [6, 6.07) is 107. The van der Waals surface area contributed by atoms with Crippen molar-refractivity contribution in [3.05, 3.63) is 390 Å². The minimum atomic E-state index is 0.261. The molecule has 0 saturated carbocycles. The molecule has 0 unspecified atom stereocenters. The first-order chi connectivity index (χ1) is 57.4. The number of benzene rings is 14. The van der Waals surface area contributed by atoms with E-state index < -0.39 is 0 Å². The Morgan fingerprint density at radius 1 is 0.229 bits per heavy atom. The lowest BCUT2D eigenvalue weighted by atomic mass is 9.41. The van der Waals surface area contributed by atoms with Crippen LogP contribution < -0.4 is 73.9 Å². The summed E-state index contributed by atoms with van der Waals surface area (Å²) < 4.78 is 12.2.